The Hall–Kier alpha value is -2.57. The van der Waals surface area contributed by atoms with Gasteiger partial charge in [-0.1, -0.05) is 0 Å². The molecule has 2 N–H and O–H groups in total. The van der Waals surface area contributed by atoms with Crippen LogP contribution in [0.2, 0.25) is 0 Å². The fraction of sp³-hybridized carbons (Fsp3) is 0.357. The molecule has 0 aliphatic heterocycles. The summed E-state index contributed by atoms with van der Waals surface area (Å²) in [5.41, 5.74) is 0.730. The Labute approximate surface area is 122 Å². The molecule has 0 bridgehead atoms. The van der Waals surface area contributed by atoms with Crippen LogP contribution in [0.4, 0.5) is 11.8 Å². The number of rotatable bonds is 6. The lowest BCUT2D eigenvalue weighted by Crippen LogP contribution is -2.23. The highest BCUT2D eigenvalue weighted by molar-refractivity contribution is 5.87. The third-order valence-electron chi connectivity index (χ3n) is 3.23. The number of fused-ring (bicyclic) bond motifs is 1. The van der Waals surface area contributed by atoms with Gasteiger partial charge in [-0.05, 0) is 26.0 Å². The molecule has 7 nitrogen and oxygen atoms in total. The SMILES string of the molecule is CCNc1nc(N(CC)Cc2ccco2)c2cn[nH]c2n1. The third-order valence-corrected chi connectivity index (χ3v) is 3.23. The Bertz CT molecular complexity index is 705. The topological polar surface area (TPSA) is 82.9 Å². The van der Waals surface area contributed by atoms with Gasteiger partial charge in [-0.3, -0.25) is 5.10 Å². The molecule has 0 aliphatic carbocycles. The normalized spacial score (nSPS) is 11.0. The van der Waals surface area contributed by atoms with Crippen molar-refractivity contribution in [2.24, 2.45) is 0 Å². The second kappa shape index (κ2) is 5.82. The van der Waals surface area contributed by atoms with Crippen LogP contribution in [0.25, 0.3) is 11.0 Å². The largest absolute Gasteiger partial charge is 0.467 e. The number of hydrogen-bond donors (Lipinski definition) is 2. The van der Waals surface area contributed by atoms with Crippen LogP contribution in [0.1, 0.15) is 19.6 Å². The fourth-order valence-electron chi connectivity index (χ4n) is 2.22. The lowest BCUT2D eigenvalue weighted by molar-refractivity contribution is 0.503. The van der Waals surface area contributed by atoms with E-state index in [9.17, 15) is 0 Å². The Kier molecular flexibility index (Phi) is 3.72. The summed E-state index contributed by atoms with van der Waals surface area (Å²) in [6.07, 6.45) is 3.44. The van der Waals surface area contributed by atoms with Gasteiger partial charge >= 0.3 is 0 Å². The molecule has 0 radical (unpaired) electrons. The van der Waals surface area contributed by atoms with Gasteiger partial charge in [0.25, 0.3) is 0 Å². The van der Waals surface area contributed by atoms with Crippen LogP contribution in [-0.4, -0.2) is 33.3 Å². The molecule has 0 atom stereocenters. The molecule has 0 spiro atoms. The van der Waals surface area contributed by atoms with Crippen molar-refractivity contribution >= 4 is 22.8 Å². The molecule has 0 unspecified atom stereocenters. The first kappa shape index (κ1) is 13.4. The average molecular weight is 286 g/mol. The lowest BCUT2D eigenvalue weighted by Gasteiger charge is -2.21. The summed E-state index contributed by atoms with van der Waals surface area (Å²) in [4.78, 5) is 11.2. The maximum absolute atomic E-state index is 5.43. The predicted molar refractivity (Wildman–Crippen MR) is 81.3 cm³/mol. The minimum absolute atomic E-state index is 0.599. The second-order valence-electron chi connectivity index (χ2n) is 4.63. The quantitative estimate of drug-likeness (QED) is 0.724. The van der Waals surface area contributed by atoms with Gasteiger partial charge in [0, 0.05) is 13.1 Å². The van der Waals surface area contributed by atoms with Gasteiger partial charge in [-0.2, -0.15) is 15.1 Å². The zero-order valence-corrected chi connectivity index (χ0v) is 12.1. The van der Waals surface area contributed by atoms with E-state index >= 15 is 0 Å². The van der Waals surface area contributed by atoms with Crippen molar-refractivity contribution in [1.29, 1.82) is 0 Å². The lowest BCUT2D eigenvalue weighted by atomic mass is 10.3. The van der Waals surface area contributed by atoms with Crippen molar-refractivity contribution in [2.75, 3.05) is 23.3 Å². The Morgan fingerprint density at radius 1 is 1.33 bits per heavy atom. The van der Waals surface area contributed by atoms with E-state index in [1.54, 1.807) is 12.5 Å². The van der Waals surface area contributed by atoms with Crippen LogP contribution in [0.3, 0.4) is 0 Å². The van der Waals surface area contributed by atoms with Crippen molar-refractivity contribution in [3.05, 3.63) is 30.4 Å². The summed E-state index contributed by atoms with van der Waals surface area (Å²) in [7, 11) is 0. The molecule has 3 rings (SSSR count). The molecule has 0 aliphatic rings. The van der Waals surface area contributed by atoms with E-state index < -0.39 is 0 Å². The van der Waals surface area contributed by atoms with Crippen LogP contribution in [-0.2, 0) is 6.54 Å². The van der Waals surface area contributed by atoms with Crippen molar-refractivity contribution in [3.63, 3.8) is 0 Å². The number of furan rings is 1. The Balaban J connectivity index is 2.01. The molecule has 3 aromatic heterocycles. The summed E-state index contributed by atoms with van der Waals surface area (Å²) in [5.74, 6) is 2.35. The van der Waals surface area contributed by atoms with Crippen LogP contribution in [0.5, 0.6) is 0 Å². The van der Waals surface area contributed by atoms with Gasteiger partial charge in [0.05, 0.1) is 24.4 Å². The van der Waals surface area contributed by atoms with Crippen LogP contribution in [0, 0.1) is 0 Å². The zero-order valence-electron chi connectivity index (χ0n) is 12.1. The number of nitrogens with zero attached hydrogens (tertiary/aromatic N) is 4. The molecular formula is C14H18N6O. The number of aromatic nitrogens is 4. The van der Waals surface area contributed by atoms with Crippen LogP contribution >= 0.6 is 0 Å². The van der Waals surface area contributed by atoms with Gasteiger partial charge in [0.15, 0.2) is 5.65 Å². The van der Waals surface area contributed by atoms with Crippen molar-refractivity contribution in [1.82, 2.24) is 20.2 Å². The molecule has 0 amide bonds. The molecule has 0 fully saturated rings. The van der Waals surface area contributed by atoms with E-state index in [-0.39, 0.29) is 0 Å². The number of anilines is 2. The minimum Gasteiger partial charge on any atom is -0.467 e. The molecule has 0 saturated carbocycles. The smallest absolute Gasteiger partial charge is 0.226 e. The van der Waals surface area contributed by atoms with Crippen molar-refractivity contribution < 1.29 is 4.42 Å². The van der Waals surface area contributed by atoms with Crippen LogP contribution in [0.15, 0.2) is 29.0 Å². The van der Waals surface area contributed by atoms with Crippen LogP contribution < -0.4 is 10.2 Å². The van der Waals surface area contributed by atoms with Crippen molar-refractivity contribution in [2.45, 2.75) is 20.4 Å². The van der Waals surface area contributed by atoms with Gasteiger partial charge in [-0.25, -0.2) is 0 Å². The maximum Gasteiger partial charge on any atom is 0.226 e. The summed E-state index contributed by atoms with van der Waals surface area (Å²) < 4.78 is 5.43. The fourth-order valence-corrected chi connectivity index (χ4v) is 2.22. The van der Waals surface area contributed by atoms with E-state index in [1.807, 2.05) is 19.1 Å². The Morgan fingerprint density at radius 2 is 2.24 bits per heavy atom. The highest BCUT2D eigenvalue weighted by atomic mass is 16.3. The monoisotopic (exact) mass is 286 g/mol. The highest BCUT2D eigenvalue weighted by Crippen LogP contribution is 2.25. The highest BCUT2D eigenvalue weighted by Gasteiger charge is 2.16. The first-order valence-corrected chi connectivity index (χ1v) is 7.04. The molecule has 0 aromatic carbocycles. The summed E-state index contributed by atoms with van der Waals surface area (Å²) in [6, 6.07) is 3.85. The summed E-state index contributed by atoms with van der Waals surface area (Å²) in [5, 5.41) is 11.0. The molecule has 3 heterocycles. The first-order valence-electron chi connectivity index (χ1n) is 7.04. The maximum atomic E-state index is 5.43. The molecule has 0 saturated heterocycles. The predicted octanol–water partition coefficient (Wildman–Crippen LogP) is 2.40. The molecule has 21 heavy (non-hydrogen) atoms. The molecule has 110 valence electrons. The molecule has 3 aromatic rings. The number of nitrogens with one attached hydrogen (secondary N) is 2. The van der Waals surface area contributed by atoms with Gasteiger partial charge < -0.3 is 14.6 Å². The number of H-pyrrole nitrogens is 1. The van der Waals surface area contributed by atoms with E-state index in [4.69, 9.17) is 4.42 Å². The zero-order chi connectivity index (χ0) is 14.7. The summed E-state index contributed by atoms with van der Waals surface area (Å²) >= 11 is 0. The first-order chi connectivity index (χ1) is 10.3. The van der Waals surface area contributed by atoms with Crippen molar-refractivity contribution in [3.8, 4) is 0 Å². The van der Waals surface area contributed by atoms with E-state index in [2.05, 4.69) is 37.3 Å². The second-order valence-corrected chi connectivity index (χ2v) is 4.63. The Morgan fingerprint density at radius 3 is 2.95 bits per heavy atom. The van der Waals surface area contributed by atoms with Gasteiger partial charge in [0.2, 0.25) is 5.95 Å². The molecular weight excluding hydrogens is 268 g/mol. The number of hydrogen-bond acceptors (Lipinski definition) is 6. The standard InChI is InChI=1S/C14H18N6O/c1-3-15-14-17-12-11(8-16-19-12)13(18-14)20(4-2)9-10-6-5-7-21-10/h5-8H,3-4,9H2,1-2H3,(H2,15,16,17,18,19). The van der Waals surface area contributed by atoms with E-state index in [1.165, 1.54) is 0 Å². The third kappa shape index (κ3) is 2.67. The van der Waals surface area contributed by atoms with Gasteiger partial charge in [0.1, 0.15) is 11.6 Å². The minimum atomic E-state index is 0.599. The van der Waals surface area contributed by atoms with E-state index in [0.29, 0.717) is 12.5 Å². The average Bonchev–Trinajstić information content (AvgIpc) is 3.15. The van der Waals surface area contributed by atoms with E-state index in [0.717, 1.165) is 35.7 Å². The number of aromatic amines is 1. The summed E-state index contributed by atoms with van der Waals surface area (Å²) in [6.45, 7) is 6.34. The molecule has 7 heteroatoms. The van der Waals surface area contributed by atoms with Gasteiger partial charge in [-0.15, -0.1) is 0 Å².